The van der Waals surface area contributed by atoms with Crippen LogP contribution in [0, 0.1) is 0 Å². The maximum absolute atomic E-state index is 12.1. The number of nitrogens with one attached hydrogen (secondary N) is 2. The van der Waals surface area contributed by atoms with Crippen LogP contribution in [-0.4, -0.2) is 43.2 Å². The van der Waals surface area contributed by atoms with Gasteiger partial charge in [0.1, 0.15) is 0 Å². The van der Waals surface area contributed by atoms with E-state index in [2.05, 4.69) is 38.0 Å². The average molecular weight is 380 g/mol. The van der Waals surface area contributed by atoms with Gasteiger partial charge in [-0.05, 0) is 37.6 Å². The molecule has 156 valence electrons. The molecule has 5 heteroatoms. The summed E-state index contributed by atoms with van der Waals surface area (Å²) in [5, 5.41) is 5.75. The number of unbranched alkanes of at least 4 members (excludes halogenated alkanes) is 3. The second-order valence-corrected chi connectivity index (χ2v) is 7.25. The number of hydrogen-bond donors (Lipinski definition) is 3. The topological polar surface area (TPSA) is 67.1 Å². The molecule has 0 aromatic carbocycles. The van der Waals surface area contributed by atoms with Gasteiger partial charge < -0.3 is 20.9 Å². The summed E-state index contributed by atoms with van der Waals surface area (Å²) in [6.45, 7) is 16.0. The molecular formula is C22H43N4O+. The van der Waals surface area contributed by atoms with E-state index in [0.717, 1.165) is 13.0 Å². The van der Waals surface area contributed by atoms with Gasteiger partial charge in [-0.15, -0.1) is 0 Å². The van der Waals surface area contributed by atoms with Crippen molar-refractivity contribution in [3.8, 4) is 0 Å². The van der Waals surface area contributed by atoms with Crippen LogP contribution in [0.2, 0.25) is 0 Å². The van der Waals surface area contributed by atoms with Crippen LogP contribution in [0.15, 0.2) is 36.7 Å². The summed E-state index contributed by atoms with van der Waals surface area (Å²) in [7, 11) is 0. The lowest BCUT2D eigenvalue weighted by Crippen LogP contribution is -2.51. The second kappa shape index (κ2) is 16.4. The van der Waals surface area contributed by atoms with Crippen LogP contribution in [-0.2, 0) is 0 Å². The molecule has 0 spiro atoms. The molecule has 0 bridgehead atoms. The zero-order valence-corrected chi connectivity index (χ0v) is 17.9. The number of rotatable bonds is 16. The lowest BCUT2D eigenvalue weighted by molar-refractivity contribution is -0.929. The molecule has 0 aromatic heterocycles. The lowest BCUT2D eigenvalue weighted by atomic mass is 10.1. The molecule has 0 aromatic rings. The van der Waals surface area contributed by atoms with Crippen LogP contribution in [0.25, 0.3) is 0 Å². The quantitative estimate of drug-likeness (QED) is 0.211. The first-order valence-corrected chi connectivity index (χ1v) is 10.7. The smallest absolute Gasteiger partial charge is 0.319 e. The fourth-order valence-electron chi connectivity index (χ4n) is 3.31. The number of urea groups is 1. The first-order chi connectivity index (χ1) is 13.1. The Labute approximate surface area is 167 Å². The third kappa shape index (κ3) is 12.3. The van der Waals surface area contributed by atoms with Crippen LogP contribution in [0.3, 0.4) is 0 Å². The highest BCUT2D eigenvalue weighted by Crippen LogP contribution is 2.15. The summed E-state index contributed by atoms with van der Waals surface area (Å²) >= 11 is 0. The maximum Gasteiger partial charge on any atom is 0.319 e. The van der Waals surface area contributed by atoms with E-state index in [-0.39, 0.29) is 6.03 Å². The van der Waals surface area contributed by atoms with Gasteiger partial charge in [-0.1, -0.05) is 52.7 Å². The molecule has 5 nitrogen and oxygen atoms in total. The van der Waals surface area contributed by atoms with Crippen LogP contribution < -0.4 is 16.4 Å². The SMILES string of the molecule is C=C/C=C(\C=C/N)NC(=O)NCCC[N+](CCCC)(CCCC)CCCC. The lowest BCUT2D eigenvalue weighted by Gasteiger charge is -2.39. The number of amides is 2. The first-order valence-electron chi connectivity index (χ1n) is 10.7. The first kappa shape index (κ1) is 25.2. The molecule has 0 fully saturated rings. The van der Waals surface area contributed by atoms with Crippen molar-refractivity contribution in [2.75, 3.05) is 32.7 Å². The minimum absolute atomic E-state index is 0.199. The molecule has 0 atom stereocenters. The van der Waals surface area contributed by atoms with Gasteiger partial charge in [0.25, 0.3) is 0 Å². The summed E-state index contributed by atoms with van der Waals surface area (Å²) in [5.74, 6) is 0. The number of nitrogens with two attached hydrogens (primary N) is 1. The molecule has 0 radical (unpaired) electrons. The van der Waals surface area contributed by atoms with Gasteiger partial charge in [0, 0.05) is 18.7 Å². The molecule has 0 aliphatic carbocycles. The molecule has 4 N–H and O–H groups in total. The van der Waals surface area contributed by atoms with E-state index in [9.17, 15) is 4.79 Å². The van der Waals surface area contributed by atoms with E-state index in [1.165, 1.54) is 68.8 Å². The fourth-order valence-corrected chi connectivity index (χ4v) is 3.31. The van der Waals surface area contributed by atoms with Crippen molar-refractivity contribution in [1.82, 2.24) is 10.6 Å². The molecule has 0 unspecified atom stereocenters. The van der Waals surface area contributed by atoms with Gasteiger partial charge in [-0.3, -0.25) is 0 Å². The zero-order valence-electron chi connectivity index (χ0n) is 17.9. The average Bonchev–Trinajstić information content (AvgIpc) is 2.66. The molecular weight excluding hydrogens is 336 g/mol. The highest BCUT2D eigenvalue weighted by atomic mass is 16.2. The predicted octanol–water partition coefficient (Wildman–Crippen LogP) is 4.44. The number of quaternary nitrogens is 1. The second-order valence-electron chi connectivity index (χ2n) is 7.25. The van der Waals surface area contributed by atoms with Crippen molar-refractivity contribution in [2.24, 2.45) is 5.73 Å². The third-order valence-electron chi connectivity index (χ3n) is 4.88. The highest BCUT2D eigenvalue weighted by Gasteiger charge is 2.25. The van der Waals surface area contributed by atoms with E-state index < -0.39 is 0 Å². The van der Waals surface area contributed by atoms with E-state index in [4.69, 9.17) is 5.73 Å². The highest BCUT2D eigenvalue weighted by molar-refractivity contribution is 5.76. The van der Waals surface area contributed by atoms with Gasteiger partial charge >= 0.3 is 6.03 Å². The van der Waals surface area contributed by atoms with Crippen LogP contribution in [0.5, 0.6) is 0 Å². The number of carbonyl (C=O) groups excluding carboxylic acids is 1. The van der Waals surface area contributed by atoms with Gasteiger partial charge in [-0.2, -0.15) is 0 Å². The van der Waals surface area contributed by atoms with Crippen molar-refractivity contribution in [2.45, 2.75) is 65.7 Å². The Kier molecular flexibility index (Phi) is 15.4. The van der Waals surface area contributed by atoms with Crippen LogP contribution >= 0.6 is 0 Å². The van der Waals surface area contributed by atoms with Crippen molar-refractivity contribution in [3.63, 3.8) is 0 Å². The minimum Gasteiger partial charge on any atom is -0.405 e. The number of hydrogen-bond acceptors (Lipinski definition) is 2. The van der Waals surface area contributed by atoms with Crippen molar-refractivity contribution < 1.29 is 9.28 Å². The Morgan fingerprint density at radius 2 is 1.48 bits per heavy atom. The fraction of sp³-hybridized carbons (Fsp3) is 0.682. The van der Waals surface area contributed by atoms with Crippen LogP contribution in [0.1, 0.15) is 65.7 Å². The molecule has 0 rings (SSSR count). The van der Waals surface area contributed by atoms with Crippen LogP contribution in [0.4, 0.5) is 4.79 Å². The molecule has 0 aliphatic heterocycles. The summed E-state index contributed by atoms with van der Waals surface area (Å²) in [4.78, 5) is 12.1. The monoisotopic (exact) mass is 379 g/mol. The van der Waals surface area contributed by atoms with E-state index in [1.807, 2.05) is 0 Å². The predicted molar refractivity (Wildman–Crippen MR) is 117 cm³/mol. The van der Waals surface area contributed by atoms with Gasteiger partial charge in [0.15, 0.2) is 0 Å². The van der Waals surface area contributed by atoms with E-state index in [1.54, 1.807) is 18.2 Å². The van der Waals surface area contributed by atoms with E-state index in [0.29, 0.717) is 12.2 Å². The van der Waals surface area contributed by atoms with Gasteiger partial charge in [-0.25, -0.2) is 4.79 Å². The maximum atomic E-state index is 12.1. The Morgan fingerprint density at radius 1 is 0.963 bits per heavy atom. The van der Waals surface area contributed by atoms with Crippen molar-refractivity contribution >= 4 is 6.03 Å². The number of carbonyl (C=O) groups is 1. The summed E-state index contributed by atoms with van der Waals surface area (Å²) in [6.07, 6.45) is 14.9. The molecule has 0 saturated carbocycles. The normalized spacial score (nSPS) is 12.3. The minimum atomic E-state index is -0.199. The van der Waals surface area contributed by atoms with E-state index >= 15 is 0 Å². The number of nitrogens with zero attached hydrogens (tertiary/aromatic N) is 1. The third-order valence-corrected chi connectivity index (χ3v) is 4.88. The standard InChI is InChI=1S/C22H42N4O/c1-5-9-17-26(18-10-6-2,19-11-7-3)20-12-16-24-22(27)25-21(13-8-4)14-15-23/h8,13-15H,4-7,9-12,16-20,23H2,1-3H3,(H-,24,25,27)/p+1/b15-14-,21-13+. The molecule has 0 aliphatic rings. The molecule has 0 saturated heterocycles. The summed E-state index contributed by atoms with van der Waals surface area (Å²) < 4.78 is 1.20. The molecule has 27 heavy (non-hydrogen) atoms. The van der Waals surface area contributed by atoms with Gasteiger partial charge in [0.05, 0.1) is 26.2 Å². The van der Waals surface area contributed by atoms with Crippen molar-refractivity contribution in [3.05, 3.63) is 36.7 Å². The summed E-state index contributed by atoms with van der Waals surface area (Å²) in [5.41, 5.74) is 6.02. The Hall–Kier alpha value is -1.75. The van der Waals surface area contributed by atoms with Gasteiger partial charge in [0.2, 0.25) is 0 Å². The zero-order chi connectivity index (χ0) is 20.4. The Balaban J connectivity index is 4.60. The largest absolute Gasteiger partial charge is 0.405 e. The summed E-state index contributed by atoms with van der Waals surface area (Å²) in [6, 6.07) is -0.199. The molecule has 0 heterocycles. The van der Waals surface area contributed by atoms with Crippen molar-refractivity contribution in [1.29, 1.82) is 0 Å². The number of allylic oxidation sites excluding steroid dienone is 3. The molecule has 2 amide bonds. The Bertz CT molecular complexity index is 435. The Morgan fingerprint density at radius 3 is 1.93 bits per heavy atom.